The Hall–Kier alpha value is -1.92. The van der Waals surface area contributed by atoms with Gasteiger partial charge in [0.25, 0.3) is 5.91 Å². The van der Waals surface area contributed by atoms with Crippen molar-refractivity contribution in [1.29, 1.82) is 0 Å². The van der Waals surface area contributed by atoms with Crippen LogP contribution in [0.25, 0.3) is 0 Å². The Bertz CT molecular complexity index is 567. The highest BCUT2D eigenvalue weighted by atomic mass is 32.1. The molecule has 0 spiro atoms. The zero-order valence-corrected chi connectivity index (χ0v) is 13.2. The van der Waals surface area contributed by atoms with E-state index in [2.05, 4.69) is 15.2 Å². The van der Waals surface area contributed by atoms with Crippen molar-refractivity contribution in [1.82, 2.24) is 15.2 Å². The highest BCUT2D eigenvalue weighted by Crippen LogP contribution is 2.20. The number of nitrogens with one attached hydrogen (secondary N) is 1. The molecule has 5 nitrogen and oxygen atoms in total. The van der Waals surface area contributed by atoms with Crippen molar-refractivity contribution in [3.05, 3.63) is 46.4 Å². The van der Waals surface area contributed by atoms with E-state index in [1.54, 1.807) is 18.0 Å². The Morgan fingerprint density at radius 3 is 2.62 bits per heavy atom. The second-order valence-corrected chi connectivity index (χ2v) is 5.55. The van der Waals surface area contributed by atoms with Crippen LogP contribution in [-0.4, -0.2) is 43.5 Å². The molecule has 0 aliphatic carbocycles. The molecule has 6 heteroatoms. The van der Waals surface area contributed by atoms with E-state index >= 15 is 0 Å². The molecule has 0 bridgehead atoms. The van der Waals surface area contributed by atoms with Crippen LogP contribution in [0.15, 0.2) is 35.2 Å². The van der Waals surface area contributed by atoms with Gasteiger partial charge in [-0.15, -0.1) is 11.3 Å². The zero-order valence-electron chi connectivity index (χ0n) is 12.4. The van der Waals surface area contributed by atoms with Crippen LogP contribution in [0.4, 0.5) is 0 Å². The van der Waals surface area contributed by atoms with Crippen molar-refractivity contribution >= 4 is 17.2 Å². The van der Waals surface area contributed by atoms with Crippen molar-refractivity contribution < 1.29 is 9.53 Å². The van der Waals surface area contributed by atoms with Crippen molar-refractivity contribution in [2.45, 2.75) is 6.04 Å². The molecule has 2 aromatic rings. The molecule has 0 saturated heterocycles. The van der Waals surface area contributed by atoms with Crippen LogP contribution in [0.2, 0.25) is 0 Å². The van der Waals surface area contributed by atoms with E-state index in [-0.39, 0.29) is 11.9 Å². The molecule has 0 aliphatic rings. The minimum Gasteiger partial charge on any atom is -0.497 e. The van der Waals surface area contributed by atoms with Crippen molar-refractivity contribution in [3.8, 4) is 5.75 Å². The lowest BCUT2D eigenvalue weighted by Crippen LogP contribution is -2.34. The van der Waals surface area contributed by atoms with Crippen molar-refractivity contribution in [2.75, 3.05) is 27.7 Å². The quantitative estimate of drug-likeness (QED) is 0.889. The van der Waals surface area contributed by atoms with E-state index in [9.17, 15) is 4.79 Å². The summed E-state index contributed by atoms with van der Waals surface area (Å²) in [5, 5.41) is 4.67. The lowest BCUT2D eigenvalue weighted by molar-refractivity contribution is 0.0937. The molecule has 1 heterocycles. The number of hydrogen-bond donors (Lipinski definition) is 1. The fourth-order valence-electron chi connectivity index (χ4n) is 2.03. The first kappa shape index (κ1) is 15.5. The number of hydrogen-bond acceptors (Lipinski definition) is 5. The van der Waals surface area contributed by atoms with Gasteiger partial charge in [-0.05, 0) is 31.8 Å². The molecule has 1 N–H and O–H groups in total. The Kier molecular flexibility index (Phi) is 5.30. The fraction of sp³-hybridized carbons (Fsp3) is 0.333. The van der Waals surface area contributed by atoms with Gasteiger partial charge in [0.2, 0.25) is 0 Å². The third-order valence-electron chi connectivity index (χ3n) is 3.24. The lowest BCUT2D eigenvalue weighted by atomic mass is 10.1. The molecular formula is C15H19N3O2S. The van der Waals surface area contributed by atoms with E-state index in [4.69, 9.17) is 4.74 Å². The standard InChI is InChI=1S/C15H19N3O2S/c1-18(2)14(11-4-6-12(20-3)7-5-11)8-16-15(19)13-9-21-10-17-13/h4-7,9-10,14H,8H2,1-3H3,(H,16,19). The molecular weight excluding hydrogens is 286 g/mol. The van der Waals surface area contributed by atoms with E-state index in [0.29, 0.717) is 12.2 Å². The van der Waals surface area contributed by atoms with Gasteiger partial charge < -0.3 is 15.0 Å². The van der Waals surface area contributed by atoms with Crippen LogP contribution in [0.5, 0.6) is 5.75 Å². The molecule has 0 saturated carbocycles. The van der Waals surface area contributed by atoms with Crippen LogP contribution in [0.3, 0.4) is 0 Å². The third kappa shape index (κ3) is 4.03. The molecule has 0 fully saturated rings. The highest BCUT2D eigenvalue weighted by molar-refractivity contribution is 7.07. The monoisotopic (exact) mass is 305 g/mol. The Balaban J connectivity index is 2.03. The molecule has 1 aromatic heterocycles. The number of carbonyl (C=O) groups is 1. The minimum absolute atomic E-state index is 0.0958. The number of thiazole rings is 1. The summed E-state index contributed by atoms with van der Waals surface area (Å²) in [5.74, 6) is 0.680. The van der Waals surface area contributed by atoms with Crippen LogP contribution in [-0.2, 0) is 0 Å². The number of likely N-dealkylation sites (N-methyl/N-ethyl adjacent to an activating group) is 1. The highest BCUT2D eigenvalue weighted by Gasteiger charge is 2.16. The third-order valence-corrected chi connectivity index (χ3v) is 3.83. The van der Waals surface area contributed by atoms with Crippen LogP contribution >= 0.6 is 11.3 Å². The normalized spacial score (nSPS) is 12.2. The Morgan fingerprint density at radius 1 is 1.38 bits per heavy atom. The molecule has 1 atom stereocenters. The largest absolute Gasteiger partial charge is 0.497 e. The van der Waals surface area contributed by atoms with Crippen LogP contribution < -0.4 is 10.1 Å². The van der Waals surface area contributed by atoms with Gasteiger partial charge in [0.05, 0.1) is 18.7 Å². The Labute approximate surface area is 128 Å². The maximum atomic E-state index is 12.0. The summed E-state index contributed by atoms with van der Waals surface area (Å²) in [7, 11) is 5.63. The first-order valence-electron chi connectivity index (χ1n) is 6.58. The first-order valence-corrected chi connectivity index (χ1v) is 7.53. The number of ether oxygens (including phenoxy) is 1. The summed E-state index contributed by atoms with van der Waals surface area (Å²) < 4.78 is 5.17. The van der Waals surface area contributed by atoms with Crippen molar-refractivity contribution in [2.24, 2.45) is 0 Å². The van der Waals surface area contributed by atoms with Crippen LogP contribution in [0, 0.1) is 0 Å². The number of methoxy groups -OCH3 is 1. The van der Waals surface area contributed by atoms with E-state index in [1.165, 1.54) is 11.3 Å². The predicted molar refractivity (Wildman–Crippen MR) is 83.9 cm³/mol. The van der Waals surface area contributed by atoms with Gasteiger partial charge in [0.15, 0.2) is 0 Å². The summed E-state index contributed by atoms with van der Waals surface area (Å²) in [4.78, 5) is 18.0. The smallest absolute Gasteiger partial charge is 0.270 e. The number of carbonyl (C=O) groups excluding carboxylic acids is 1. The maximum Gasteiger partial charge on any atom is 0.270 e. The van der Waals surface area contributed by atoms with Gasteiger partial charge in [0, 0.05) is 11.9 Å². The molecule has 1 amide bonds. The predicted octanol–water partition coefficient (Wildman–Crippen LogP) is 2.18. The van der Waals surface area contributed by atoms with E-state index in [0.717, 1.165) is 11.3 Å². The number of rotatable bonds is 6. The molecule has 2 rings (SSSR count). The molecule has 21 heavy (non-hydrogen) atoms. The molecule has 0 radical (unpaired) electrons. The summed E-state index contributed by atoms with van der Waals surface area (Å²) >= 11 is 1.41. The van der Waals surface area contributed by atoms with Gasteiger partial charge in [-0.2, -0.15) is 0 Å². The number of nitrogens with zero attached hydrogens (tertiary/aromatic N) is 2. The minimum atomic E-state index is -0.142. The average molecular weight is 305 g/mol. The summed E-state index contributed by atoms with van der Waals surface area (Å²) in [5.41, 5.74) is 3.24. The molecule has 1 unspecified atom stereocenters. The van der Waals surface area contributed by atoms with E-state index in [1.807, 2.05) is 38.4 Å². The van der Waals surface area contributed by atoms with Gasteiger partial charge >= 0.3 is 0 Å². The summed E-state index contributed by atoms with van der Waals surface area (Å²) in [6, 6.07) is 7.97. The lowest BCUT2D eigenvalue weighted by Gasteiger charge is -2.25. The van der Waals surface area contributed by atoms with Gasteiger partial charge in [0.1, 0.15) is 11.4 Å². The summed E-state index contributed by atoms with van der Waals surface area (Å²) in [6.07, 6.45) is 0. The van der Waals surface area contributed by atoms with Gasteiger partial charge in [-0.1, -0.05) is 12.1 Å². The van der Waals surface area contributed by atoms with Crippen molar-refractivity contribution in [3.63, 3.8) is 0 Å². The average Bonchev–Trinajstić information content (AvgIpc) is 3.02. The topological polar surface area (TPSA) is 54.5 Å². The molecule has 1 aromatic carbocycles. The second kappa shape index (κ2) is 7.19. The number of aromatic nitrogens is 1. The first-order chi connectivity index (χ1) is 10.1. The fourth-order valence-corrected chi connectivity index (χ4v) is 2.56. The number of amides is 1. The van der Waals surface area contributed by atoms with E-state index < -0.39 is 0 Å². The number of benzene rings is 1. The second-order valence-electron chi connectivity index (χ2n) is 4.84. The molecule has 112 valence electrons. The maximum absolute atomic E-state index is 12.0. The van der Waals surface area contributed by atoms with Gasteiger partial charge in [-0.25, -0.2) is 4.98 Å². The summed E-state index contributed by atoms with van der Waals surface area (Å²) in [6.45, 7) is 0.524. The SMILES string of the molecule is COc1ccc(C(CNC(=O)c2cscn2)N(C)C)cc1. The Morgan fingerprint density at radius 2 is 2.10 bits per heavy atom. The molecule has 0 aliphatic heterocycles. The van der Waals surface area contributed by atoms with Crippen LogP contribution in [0.1, 0.15) is 22.1 Å². The van der Waals surface area contributed by atoms with Gasteiger partial charge in [-0.3, -0.25) is 4.79 Å². The zero-order chi connectivity index (χ0) is 15.2.